The van der Waals surface area contributed by atoms with Gasteiger partial charge >= 0.3 is 0 Å². The molecule has 1 amide bonds. The molecule has 15 heavy (non-hydrogen) atoms. The molecule has 0 N–H and O–H groups in total. The highest BCUT2D eigenvalue weighted by Crippen LogP contribution is 2.19. The van der Waals surface area contributed by atoms with E-state index in [-0.39, 0.29) is 5.91 Å². The summed E-state index contributed by atoms with van der Waals surface area (Å²) in [5, 5.41) is 0. The van der Waals surface area contributed by atoms with E-state index >= 15 is 0 Å². The fourth-order valence-electron chi connectivity index (χ4n) is 1.36. The predicted molar refractivity (Wildman–Crippen MR) is 68.4 cm³/mol. The van der Waals surface area contributed by atoms with Crippen LogP contribution in [-0.2, 0) is 4.79 Å². The maximum atomic E-state index is 11.9. The number of carbonyl (C=O) groups is 1. The Morgan fingerprint density at radius 2 is 1.80 bits per heavy atom. The zero-order chi connectivity index (χ0) is 12.1. The minimum absolute atomic E-state index is 0.170. The highest BCUT2D eigenvalue weighted by atomic mass is 79.9. The normalized spacial score (nSPS) is 11.9. The Labute approximate surface area is 102 Å². The Morgan fingerprint density at radius 3 is 2.13 bits per heavy atom. The zero-order valence-corrected chi connectivity index (χ0v) is 12.1. The van der Waals surface area contributed by atoms with Gasteiger partial charge in [-0.25, -0.2) is 0 Å². The van der Waals surface area contributed by atoms with Crippen LogP contribution in [0.1, 0.15) is 27.2 Å². The molecule has 0 bridgehead atoms. The van der Waals surface area contributed by atoms with Gasteiger partial charge in [-0.05, 0) is 47.8 Å². The Kier molecular flexibility index (Phi) is 6.44. The van der Waals surface area contributed by atoms with E-state index in [1.165, 1.54) is 0 Å². The van der Waals surface area contributed by atoms with Crippen molar-refractivity contribution in [1.29, 1.82) is 0 Å². The molecule has 90 valence electrons. The molecule has 0 heterocycles. The van der Waals surface area contributed by atoms with Gasteiger partial charge in [0.1, 0.15) is 0 Å². The van der Waals surface area contributed by atoms with Crippen LogP contribution in [0.3, 0.4) is 0 Å². The molecule has 0 aliphatic heterocycles. The first-order chi connectivity index (χ1) is 6.79. The van der Waals surface area contributed by atoms with Crippen LogP contribution in [0.4, 0.5) is 0 Å². The summed E-state index contributed by atoms with van der Waals surface area (Å²) < 4.78 is -0.443. The molecule has 0 unspecified atom stereocenters. The number of hydrogen-bond acceptors (Lipinski definition) is 2. The molecule has 0 fully saturated rings. The van der Waals surface area contributed by atoms with Gasteiger partial charge < -0.3 is 9.80 Å². The topological polar surface area (TPSA) is 23.6 Å². The minimum Gasteiger partial charge on any atom is -0.342 e. The van der Waals surface area contributed by atoms with Crippen molar-refractivity contribution in [2.24, 2.45) is 0 Å². The lowest BCUT2D eigenvalue weighted by molar-refractivity contribution is -0.132. The molecule has 3 nitrogen and oxygen atoms in total. The lowest BCUT2D eigenvalue weighted by atomic mass is 10.2. The average molecular weight is 279 g/mol. The van der Waals surface area contributed by atoms with Crippen LogP contribution in [0.25, 0.3) is 0 Å². The molecule has 0 radical (unpaired) electrons. The summed E-state index contributed by atoms with van der Waals surface area (Å²) in [6.45, 7) is 8.44. The van der Waals surface area contributed by atoms with E-state index in [2.05, 4.69) is 20.8 Å². The molecule has 0 aliphatic rings. The van der Waals surface area contributed by atoms with Crippen molar-refractivity contribution in [2.75, 3.05) is 33.7 Å². The third-order valence-electron chi connectivity index (χ3n) is 2.21. The number of halogens is 1. The molecule has 0 aromatic carbocycles. The van der Waals surface area contributed by atoms with Gasteiger partial charge in [0.25, 0.3) is 0 Å². The first-order valence-corrected chi connectivity index (χ1v) is 6.21. The fraction of sp³-hybridized carbons (Fsp3) is 0.909. The van der Waals surface area contributed by atoms with Gasteiger partial charge in [-0.15, -0.1) is 0 Å². The van der Waals surface area contributed by atoms with Crippen molar-refractivity contribution in [3.05, 3.63) is 0 Å². The largest absolute Gasteiger partial charge is 0.342 e. The monoisotopic (exact) mass is 278 g/mol. The average Bonchev–Trinajstić information content (AvgIpc) is 2.09. The lowest BCUT2D eigenvalue weighted by Gasteiger charge is -2.27. The van der Waals surface area contributed by atoms with Crippen LogP contribution in [-0.4, -0.2) is 53.8 Å². The molecule has 0 rings (SSSR count). The molecule has 0 saturated heterocycles. The van der Waals surface area contributed by atoms with Crippen molar-refractivity contribution in [1.82, 2.24) is 9.80 Å². The van der Waals surface area contributed by atoms with Crippen LogP contribution in [0.15, 0.2) is 0 Å². The van der Waals surface area contributed by atoms with E-state index in [1.54, 1.807) is 0 Å². The van der Waals surface area contributed by atoms with E-state index in [0.29, 0.717) is 0 Å². The summed E-state index contributed by atoms with van der Waals surface area (Å²) in [7, 11) is 4.10. The maximum Gasteiger partial charge on any atom is 0.238 e. The first-order valence-electron chi connectivity index (χ1n) is 5.42. The molecule has 0 atom stereocenters. The number of amides is 1. The molecule has 0 spiro atoms. The summed E-state index contributed by atoms with van der Waals surface area (Å²) in [6.07, 6.45) is 1.02. The molecule has 0 aliphatic carbocycles. The second-order valence-electron chi connectivity index (χ2n) is 4.51. The molecule has 0 aromatic rings. The molecule has 4 heteroatoms. The number of nitrogens with zero attached hydrogens (tertiary/aromatic N) is 2. The second kappa shape index (κ2) is 6.48. The first kappa shape index (κ1) is 14.9. The number of rotatable bonds is 6. The third kappa shape index (κ3) is 6.15. The number of carbonyl (C=O) groups excluding carboxylic acids is 1. The van der Waals surface area contributed by atoms with E-state index in [9.17, 15) is 4.79 Å². The summed E-state index contributed by atoms with van der Waals surface area (Å²) in [5.74, 6) is 0.170. The number of hydrogen-bond donors (Lipinski definition) is 0. The second-order valence-corrected chi connectivity index (χ2v) is 6.50. The SMILES string of the molecule is CCN(CCCN(C)C)C(=O)C(C)(C)Br. The Morgan fingerprint density at radius 1 is 1.27 bits per heavy atom. The van der Waals surface area contributed by atoms with Gasteiger partial charge in [0.15, 0.2) is 0 Å². The highest BCUT2D eigenvalue weighted by Gasteiger charge is 2.27. The van der Waals surface area contributed by atoms with Crippen LogP contribution in [0.2, 0.25) is 0 Å². The molecular weight excluding hydrogens is 256 g/mol. The van der Waals surface area contributed by atoms with E-state index in [1.807, 2.05) is 39.8 Å². The Bertz CT molecular complexity index is 199. The molecule has 0 aromatic heterocycles. The summed E-state index contributed by atoms with van der Waals surface area (Å²) in [4.78, 5) is 16.0. The molecular formula is C11H23BrN2O. The highest BCUT2D eigenvalue weighted by molar-refractivity contribution is 9.10. The zero-order valence-electron chi connectivity index (χ0n) is 10.5. The third-order valence-corrected chi connectivity index (χ3v) is 2.55. The summed E-state index contributed by atoms with van der Waals surface area (Å²) >= 11 is 3.40. The van der Waals surface area contributed by atoms with Crippen molar-refractivity contribution in [3.8, 4) is 0 Å². The van der Waals surface area contributed by atoms with Gasteiger partial charge in [-0.2, -0.15) is 0 Å². The van der Waals surface area contributed by atoms with Crippen LogP contribution >= 0.6 is 15.9 Å². The van der Waals surface area contributed by atoms with E-state index < -0.39 is 4.32 Å². The van der Waals surface area contributed by atoms with Crippen molar-refractivity contribution < 1.29 is 4.79 Å². The van der Waals surface area contributed by atoms with Crippen molar-refractivity contribution in [3.63, 3.8) is 0 Å². The van der Waals surface area contributed by atoms with Gasteiger partial charge in [-0.1, -0.05) is 15.9 Å². The lowest BCUT2D eigenvalue weighted by Crippen LogP contribution is -2.42. The van der Waals surface area contributed by atoms with Crippen LogP contribution in [0.5, 0.6) is 0 Å². The number of alkyl halides is 1. The Hall–Kier alpha value is -0.0900. The quantitative estimate of drug-likeness (QED) is 0.694. The van der Waals surface area contributed by atoms with Gasteiger partial charge in [-0.3, -0.25) is 4.79 Å². The standard InChI is InChI=1S/C11H23BrN2O/c1-6-14(9-7-8-13(4)5)10(15)11(2,3)12/h6-9H2,1-5H3. The van der Waals surface area contributed by atoms with Gasteiger partial charge in [0.05, 0.1) is 4.32 Å². The van der Waals surface area contributed by atoms with E-state index in [4.69, 9.17) is 0 Å². The smallest absolute Gasteiger partial charge is 0.238 e. The molecule has 0 saturated carbocycles. The van der Waals surface area contributed by atoms with Crippen LogP contribution in [0, 0.1) is 0 Å². The predicted octanol–water partition coefficient (Wildman–Crippen LogP) is 1.96. The fourth-order valence-corrected chi connectivity index (χ4v) is 1.61. The maximum absolute atomic E-state index is 11.9. The Balaban J connectivity index is 4.09. The summed E-state index contributed by atoms with van der Waals surface area (Å²) in [5.41, 5.74) is 0. The van der Waals surface area contributed by atoms with Crippen molar-refractivity contribution >= 4 is 21.8 Å². The van der Waals surface area contributed by atoms with Gasteiger partial charge in [0.2, 0.25) is 5.91 Å². The van der Waals surface area contributed by atoms with Gasteiger partial charge in [0, 0.05) is 13.1 Å². The van der Waals surface area contributed by atoms with Crippen LogP contribution < -0.4 is 0 Å². The van der Waals surface area contributed by atoms with E-state index in [0.717, 1.165) is 26.1 Å². The van der Waals surface area contributed by atoms with Crippen molar-refractivity contribution in [2.45, 2.75) is 31.5 Å². The minimum atomic E-state index is -0.443. The summed E-state index contributed by atoms with van der Waals surface area (Å²) in [6, 6.07) is 0.